The minimum absolute atomic E-state index is 0.00604. The average molecular weight is 700 g/mol. The highest BCUT2D eigenvalue weighted by Gasteiger charge is 2.62. The molecular weight excluding hydrogens is 646 g/mol. The van der Waals surface area contributed by atoms with Crippen LogP contribution in [0.25, 0.3) is 16.9 Å². The Labute approximate surface area is 301 Å². The molecule has 4 saturated carbocycles. The molecule has 3 aromatic rings. The van der Waals surface area contributed by atoms with Gasteiger partial charge in [0.2, 0.25) is 0 Å². The highest BCUT2D eigenvalue weighted by atomic mass is 16.5. The third-order valence-electron chi connectivity index (χ3n) is 11.8. The summed E-state index contributed by atoms with van der Waals surface area (Å²) >= 11 is 0. The maximum atomic E-state index is 14.3. The molecule has 4 fully saturated rings. The highest BCUT2D eigenvalue weighted by Crippen LogP contribution is 2.58. The van der Waals surface area contributed by atoms with Gasteiger partial charge in [0, 0.05) is 19.2 Å². The third-order valence-corrected chi connectivity index (χ3v) is 11.8. The van der Waals surface area contributed by atoms with Gasteiger partial charge in [0.15, 0.2) is 5.69 Å². The van der Waals surface area contributed by atoms with Crippen LogP contribution < -0.4 is 14.8 Å². The van der Waals surface area contributed by atoms with Gasteiger partial charge >= 0.3 is 5.97 Å². The van der Waals surface area contributed by atoms with E-state index in [2.05, 4.69) is 38.0 Å². The van der Waals surface area contributed by atoms with E-state index < -0.39 is 17.4 Å². The number of carbonyl (C=O) groups excluding carboxylic acids is 2. The van der Waals surface area contributed by atoms with Crippen LogP contribution in [-0.2, 0) is 4.79 Å². The number of carbonyl (C=O) groups is 3. The molecule has 0 spiro atoms. The molecule has 4 bridgehead atoms. The maximum Gasteiger partial charge on any atom is 0.330 e. The van der Waals surface area contributed by atoms with Crippen LogP contribution in [0.1, 0.15) is 91.6 Å². The Morgan fingerprint density at radius 2 is 1.59 bits per heavy atom. The molecule has 2 aromatic carbocycles. The van der Waals surface area contributed by atoms with Crippen molar-refractivity contribution in [2.75, 3.05) is 47.9 Å². The molecule has 274 valence electrons. The van der Waals surface area contributed by atoms with E-state index in [1.54, 1.807) is 35.9 Å². The number of benzene rings is 2. The van der Waals surface area contributed by atoms with Gasteiger partial charge in [-0.05, 0) is 130 Å². The van der Waals surface area contributed by atoms with Crippen molar-refractivity contribution in [1.82, 2.24) is 24.9 Å². The Morgan fingerprint density at radius 3 is 2.14 bits per heavy atom. The number of carboxylic acids is 1. The molecule has 0 atom stereocenters. The van der Waals surface area contributed by atoms with Gasteiger partial charge in [0.05, 0.1) is 31.2 Å². The Hall–Kier alpha value is -4.38. The van der Waals surface area contributed by atoms with E-state index in [9.17, 15) is 19.5 Å². The Balaban J connectivity index is 1.41. The van der Waals surface area contributed by atoms with Gasteiger partial charge < -0.3 is 29.7 Å². The minimum atomic E-state index is -1.32. The highest BCUT2D eigenvalue weighted by molar-refractivity contribution is 5.98. The van der Waals surface area contributed by atoms with Gasteiger partial charge in [0.25, 0.3) is 11.8 Å². The molecule has 51 heavy (non-hydrogen) atoms. The van der Waals surface area contributed by atoms with Crippen LogP contribution >= 0.6 is 0 Å². The van der Waals surface area contributed by atoms with Gasteiger partial charge in [0.1, 0.15) is 17.0 Å². The van der Waals surface area contributed by atoms with E-state index >= 15 is 0 Å². The number of amides is 2. The molecule has 2 amide bonds. The summed E-state index contributed by atoms with van der Waals surface area (Å²) in [7, 11) is 7.05. The van der Waals surface area contributed by atoms with E-state index in [1.165, 1.54) is 6.42 Å². The molecule has 4 aliphatic rings. The number of carboxylic acid groups (broad SMARTS) is 1. The molecule has 0 radical (unpaired) electrons. The first-order valence-electron chi connectivity index (χ1n) is 18.4. The second-order valence-electron chi connectivity index (χ2n) is 15.2. The van der Waals surface area contributed by atoms with Crippen LogP contribution in [0.3, 0.4) is 0 Å². The van der Waals surface area contributed by atoms with Crippen LogP contribution in [0.4, 0.5) is 0 Å². The van der Waals surface area contributed by atoms with Gasteiger partial charge in [-0.3, -0.25) is 9.59 Å². The third kappa shape index (κ3) is 6.72. The van der Waals surface area contributed by atoms with E-state index in [0.29, 0.717) is 52.4 Å². The van der Waals surface area contributed by atoms with E-state index in [1.807, 2.05) is 37.4 Å². The summed E-state index contributed by atoms with van der Waals surface area (Å²) in [5.74, 6) is 0.367. The summed E-state index contributed by atoms with van der Waals surface area (Å²) in [6, 6.07) is 12.7. The summed E-state index contributed by atoms with van der Waals surface area (Å²) in [6.45, 7) is 8.73. The average Bonchev–Trinajstić information content (AvgIpc) is 3.56. The number of hydrogen-bond acceptors (Lipinski definition) is 7. The first-order valence-corrected chi connectivity index (χ1v) is 18.4. The molecule has 2 N–H and O–H groups in total. The minimum Gasteiger partial charge on any atom is -0.496 e. The molecule has 0 saturated heterocycles. The lowest BCUT2D eigenvalue weighted by molar-refractivity contribution is -0.163. The normalized spacial score (nSPS) is 23.5. The van der Waals surface area contributed by atoms with Crippen LogP contribution in [-0.4, -0.2) is 96.0 Å². The van der Waals surface area contributed by atoms with Gasteiger partial charge in [-0.25, -0.2) is 9.48 Å². The van der Waals surface area contributed by atoms with E-state index in [0.717, 1.165) is 50.8 Å². The van der Waals surface area contributed by atoms with Crippen molar-refractivity contribution >= 4 is 17.8 Å². The number of nitrogens with zero attached hydrogens (tertiary/aromatic N) is 4. The number of hydrogen-bond donors (Lipinski definition) is 2. The summed E-state index contributed by atoms with van der Waals surface area (Å²) in [5.41, 5.74) is 2.05. The number of aliphatic carboxylic acids is 1. The number of aromatic nitrogens is 2. The summed E-state index contributed by atoms with van der Waals surface area (Å²) in [4.78, 5) is 45.0. The monoisotopic (exact) mass is 699 g/mol. The summed E-state index contributed by atoms with van der Waals surface area (Å²) in [5, 5.41) is 18.7. The van der Waals surface area contributed by atoms with Crippen LogP contribution in [0.15, 0.2) is 42.5 Å². The number of methoxy groups -OCH3 is 2. The topological polar surface area (TPSA) is 126 Å². The van der Waals surface area contributed by atoms with Crippen molar-refractivity contribution in [1.29, 1.82) is 0 Å². The second kappa shape index (κ2) is 14.7. The quantitative estimate of drug-likeness (QED) is 0.207. The van der Waals surface area contributed by atoms with Crippen LogP contribution in [0, 0.1) is 23.7 Å². The fraction of sp³-hybridized carbons (Fsp3) is 0.550. The number of nitrogens with one attached hydrogen (secondary N) is 1. The first-order chi connectivity index (χ1) is 24.4. The fourth-order valence-corrected chi connectivity index (χ4v) is 9.14. The Morgan fingerprint density at radius 1 is 0.961 bits per heavy atom. The van der Waals surface area contributed by atoms with Crippen molar-refractivity contribution in [3.63, 3.8) is 0 Å². The fourth-order valence-electron chi connectivity index (χ4n) is 9.14. The summed E-state index contributed by atoms with van der Waals surface area (Å²) < 4.78 is 13.3. The summed E-state index contributed by atoms with van der Waals surface area (Å²) in [6.07, 6.45) is 5.34. The van der Waals surface area contributed by atoms with Crippen molar-refractivity contribution in [3.05, 3.63) is 59.3 Å². The standard InChI is InChI=1S/C40H53N5O6/c1-8-43(4)15-10-16-44(5)38(47)27-13-14-32(30(22-27)24(2)3)45-33(36-34(50-6)11-9-12-35(36)51-7)23-31(42-45)37(46)41-40(39(48)49)28-18-25-17-26(20-28)21-29(40)19-25/h9,11-14,22-26,28-29H,8,10,15-21H2,1-7H3,(H,41,46)(H,48,49). The zero-order valence-corrected chi connectivity index (χ0v) is 31.1. The van der Waals surface area contributed by atoms with Gasteiger partial charge in [-0.15, -0.1) is 0 Å². The smallest absolute Gasteiger partial charge is 0.330 e. The van der Waals surface area contributed by atoms with E-state index in [-0.39, 0.29) is 29.4 Å². The molecule has 1 aromatic heterocycles. The second-order valence-corrected chi connectivity index (χ2v) is 15.2. The van der Waals surface area contributed by atoms with Gasteiger partial charge in [-0.2, -0.15) is 5.10 Å². The molecule has 4 aliphatic carbocycles. The van der Waals surface area contributed by atoms with Crippen molar-refractivity contribution in [2.45, 2.75) is 70.8 Å². The molecule has 0 unspecified atom stereocenters. The predicted molar refractivity (Wildman–Crippen MR) is 196 cm³/mol. The van der Waals surface area contributed by atoms with Crippen molar-refractivity contribution in [3.8, 4) is 28.4 Å². The predicted octanol–water partition coefficient (Wildman–Crippen LogP) is 6.10. The lowest BCUT2D eigenvalue weighted by Crippen LogP contribution is -2.70. The van der Waals surface area contributed by atoms with E-state index in [4.69, 9.17) is 14.6 Å². The number of ether oxygens (including phenoxy) is 2. The molecular formula is C40H53N5O6. The zero-order valence-electron chi connectivity index (χ0n) is 31.1. The Bertz CT molecular complexity index is 1730. The first kappa shape index (κ1) is 36.4. The SMILES string of the molecule is CCN(C)CCCN(C)C(=O)c1ccc(-n2nc(C(=O)NC3(C(=O)O)C4CC5CC(C4)CC3C5)cc2-c2c(OC)cccc2OC)c(C(C)C)c1. The molecule has 0 aliphatic heterocycles. The number of rotatable bonds is 14. The largest absolute Gasteiger partial charge is 0.496 e. The molecule has 11 nitrogen and oxygen atoms in total. The van der Waals surface area contributed by atoms with Crippen molar-refractivity contribution < 1.29 is 29.0 Å². The molecule has 11 heteroatoms. The molecule has 1 heterocycles. The molecule has 7 rings (SSSR count). The van der Waals surface area contributed by atoms with Gasteiger partial charge in [-0.1, -0.05) is 26.8 Å². The maximum absolute atomic E-state index is 14.3. The van der Waals surface area contributed by atoms with Crippen LogP contribution in [0.2, 0.25) is 0 Å². The Kier molecular flexibility index (Phi) is 10.5. The zero-order chi connectivity index (χ0) is 36.6. The van der Waals surface area contributed by atoms with Crippen molar-refractivity contribution in [2.24, 2.45) is 23.7 Å². The van der Waals surface area contributed by atoms with Crippen LogP contribution in [0.5, 0.6) is 11.5 Å². The lowest BCUT2D eigenvalue weighted by atomic mass is 9.48. The lowest BCUT2D eigenvalue weighted by Gasteiger charge is -2.59.